The van der Waals surface area contributed by atoms with Crippen LogP contribution in [0.3, 0.4) is 0 Å². The van der Waals surface area contributed by atoms with Gasteiger partial charge in [0.1, 0.15) is 0 Å². The molecule has 0 saturated heterocycles. The Labute approximate surface area is 126 Å². The molecule has 22 heavy (non-hydrogen) atoms. The lowest BCUT2D eigenvalue weighted by atomic mass is 10.1. The number of non-ortho nitro benzene ring substituents is 1. The number of ether oxygens (including phenoxy) is 1. The average molecular weight is 305 g/mol. The topological polar surface area (TPSA) is 108 Å². The average Bonchev–Trinajstić information content (AvgIpc) is 3.00. The molecule has 1 unspecified atom stereocenters. The maximum Gasteiger partial charge on any atom is 0.309 e. The Morgan fingerprint density at radius 2 is 2.05 bits per heavy atom. The number of nitrogens with zero attached hydrogens (tertiary/aromatic N) is 3. The van der Waals surface area contributed by atoms with Crippen LogP contribution in [0.4, 0.5) is 5.69 Å². The van der Waals surface area contributed by atoms with Crippen LogP contribution in [0.25, 0.3) is 11.5 Å². The summed E-state index contributed by atoms with van der Waals surface area (Å²) in [4.78, 5) is 21.6. The molecule has 0 amide bonds. The Bertz CT molecular complexity index is 665. The van der Waals surface area contributed by atoms with Gasteiger partial charge < -0.3 is 9.15 Å². The smallest absolute Gasteiger partial charge is 0.309 e. The Morgan fingerprint density at radius 1 is 1.36 bits per heavy atom. The highest BCUT2D eigenvalue weighted by Crippen LogP contribution is 2.21. The molecule has 0 radical (unpaired) electrons. The van der Waals surface area contributed by atoms with Crippen LogP contribution >= 0.6 is 0 Å². The van der Waals surface area contributed by atoms with E-state index in [0.29, 0.717) is 12.0 Å². The van der Waals surface area contributed by atoms with Crippen molar-refractivity contribution >= 4 is 11.7 Å². The summed E-state index contributed by atoms with van der Waals surface area (Å²) in [6.45, 7) is 3.58. The zero-order chi connectivity index (χ0) is 16.1. The van der Waals surface area contributed by atoms with Gasteiger partial charge in [-0.3, -0.25) is 14.9 Å². The molecular formula is C14H15N3O5. The Balaban J connectivity index is 2.02. The van der Waals surface area contributed by atoms with Crippen LogP contribution in [0, 0.1) is 16.0 Å². The van der Waals surface area contributed by atoms with E-state index in [4.69, 9.17) is 9.15 Å². The van der Waals surface area contributed by atoms with Crippen LogP contribution in [-0.2, 0) is 16.1 Å². The second-order valence-electron chi connectivity index (χ2n) is 4.72. The molecule has 0 fully saturated rings. The molecule has 1 aromatic heterocycles. The third-order valence-electron chi connectivity index (χ3n) is 3.14. The number of esters is 1. The fourth-order valence-electron chi connectivity index (χ4n) is 1.60. The van der Waals surface area contributed by atoms with Crippen molar-refractivity contribution in [3.8, 4) is 11.5 Å². The first-order valence-corrected chi connectivity index (χ1v) is 6.75. The van der Waals surface area contributed by atoms with Crippen molar-refractivity contribution in [2.45, 2.75) is 26.9 Å². The molecule has 2 aromatic rings. The highest BCUT2D eigenvalue weighted by atomic mass is 16.6. The van der Waals surface area contributed by atoms with Crippen molar-refractivity contribution in [2.24, 2.45) is 5.92 Å². The Hall–Kier alpha value is -2.77. The normalized spacial score (nSPS) is 11.9. The first-order chi connectivity index (χ1) is 10.5. The quantitative estimate of drug-likeness (QED) is 0.458. The molecule has 1 aromatic carbocycles. The molecule has 1 atom stereocenters. The predicted molar refractivity (Wildman–Crippen MR) is 75.6 cm³/mol. The molecule has 0 aliphatic rings. The third-order valence-corrected chi connectivity index (χ3v) is 3.14. The molecule has 8 heteroatoms. The molecule has 0 aliphatic carbocycles. The largest absolute Gasteiger partial charge is 0.455 e. The van der Waals surface area contributed by atoms with Gasteiger partial charge in [0.15, 0.2) is 6.61 Å². The van der Waals surface area contributed by atoms with E-state index in [-0.39, 0.29) is 36.0 Å². The number of hydrogen-bond acceptors (Lipinski definition) is 7. The summed E-state index contributed by atoms with van der Waals surface area (Å²) >= 11 is 0. The molecule has 8 nitrogen and oxygen atoms in total. The lowest BCUT2D eigenvalue weighted by Gasteiger charge is -2.06. The highest BCUT2D eigenvalue weighted by molar-refractivity contribution is 5.71. The zero-order valence-corrected chi connectivity index (χ0v) is 12.2. The van der Waals surface area contributed by atoms with Crippen LogP contribution < -0.4 is 0 Å². The van der Waals surface area contributed by atoms with E-state index in [0.717, 1.165) is 0 Å². The molecular weight excluding hydrogens is 290 g/mol. The number of benzene rings is 1. The van der Waals surface area contributed by atoms with Gasteiger partial charge in [-0.1, -0.05) is 13.8 Å². The van der Waals surface area contributed by atoms with Gasteiger partial charge >= 0.3 is 5.97 Å². The SMILES string of the molecule is CCC(C)C(=O)OCc1nnc(-c2ccc([N+](=O)[O-])cc2)o1. The summed E-state index contributed by atoms with van der Waals surface area (Å²) in [5.74, 6) is -0.121. The van der Waals surface area contributed by atoms with Gasteiger partial charge in [0.05, 0.1) is 10.8 Å². The standard InChI is InChI=1S/C14H15N3O5/c1-3-9(2)14(18)21-8-12-15-16-13(22-12)10-4-6-11(7-5-10)17(19)20/h4-7,9H,3,8H2,1-2H3. The second kappa shape index (κ2) is 6.79. The monoisotopic (exact) mass is 305 g/mol. The number of aromatic nitrogens is 2. The number of carbonyl (C=O) groups excluding carboxylic acids is 1. The van der Waals surface area contributed by atoms with Crippen LogP contribution in [0.15, 0.2) is 28.7 Å². The van der Waals surface area contributed by atoms with Crippen molar-refractivity contribution in [1.29, 1.82) is 0 Å². The summed E-state index contributed by atoms with van der Waals surface area (Å²) in [6.07, 6.45) is 0.691. The predicted octanol–water partition coefficient (Wildman–Crippen LogP) is 2.73. The number of carbonyl (C=O) groups is 1. The minimum Gasteiger partial charge on any atom is -0.455 e. The van der Waals surface area contributed by atoms with E-state index < -0.39 is 4.92 Å². The Morgan fingerprint density at radius 3 is 2.64 bits per heavy atom. The first kappa shape index (κ1) is 15.6. The zero-order valence-electron chi connectivity index (χ0n) is 12.2. The minimum atomic E-state index is -0.489. The maximum atomic E-state index is 11.5. The highest BCUT2D eigenvalue weighted by Gasteiger charge is 2.15. The lowest BCUT2D eigenvalue weighted by molar-refractivity contribution is -0.384. The number of rotatable bonds is 6. The van der Waals surface area contributed by atoms with Gasteiger partial charge in [-0.2, -0.15) is 0 Å². The molecule has 0 saturated carbocycles. The lowest BCUT2D eigenvalue weighted by Crippen LogP contribution is -2.13. The van der Waals surface area contributed by atoms with Gasteiger partial charge in [0.2, 0.25) is 5.89 Å². The number of hydrogen-bond donors (Lipinski definition) is 0. The summed E-state index contributed by atoms with van der Waals surface area (Å²) in [5.41, 5.74) is 0.531. The molecule has 0 N–H and O–H groups in total. The third kappa shape index (κ3) is 3.66. The second-order valence-corrected chi connectivity index (χ2v) is 4.72. The minimum absolute atomic E-state index is 0.0222. The van der Waals surface area contributed by atoms with Crippen LogP contribution in [0.1, 0.15) is 26.2 Å². The summed E-state index contributed by atoms with van der Waals surface area (Å²) in [5, 5.41) is 18.2. The summed E-state index contributed by atoms with van der Waals surface area (Å²) < 4.78 is 10.4. The van der Waals surface area contributed by atoms with Crippen LogP contribution in [0.2, 0.25) is 0 Å². The van der Waals surface area contributed by atoms with Gasteiger partial charge in [-0.25, -0.2) is 0 Å². The molecule has 0 bridgehead atoms. The Kier molecular flexibility index (Phi) is 4.82. The van der Waals surface area contributed by atoms with Crippen molar-refractivity contribution in [2.75, 3.05) is 0 Å². The molecule has 0 aliphatic heterocycles. The molecule has 116 valence electrons. The van der Waals surface area contributed by atoms with E-state index in [1.54, 1.807) is 6.92 Å². The summed E-state index contributed by atoms with van der Waals surface area (Å²) in [7, 11) is 0. The van der Waals surface area contributed by atoms with E-state index in [1.165, 1.54) is 24.3 Å². The number of nitro benzene ring substituents is 1. The van der Waals surface area contributed by atoms with E-state index >= 15 is 0 Å². The van der Waals surface area contributed by atoms with E-state index in [9.17, 15) is 14.9 Å². The van der Waals surface area contributed by atoms with Crippen molar-refractivity contribution in [3.63, 3.8) is 0 Å². The molecule has 2 rings (SSSR count). The van der Waals surface area contributed by atoms with Gasteiger partial charge in [-0.15, -0.1) is 10.2 Å². The van der Waals surface area contributed by atoms with Crippen LogP contribution in [-0.4, -0.2) is 21.1 Å². The fourth-order valence-corrected chi connectivity index (χ4v) is 1.60. The summed E-state index contributed by atoms with van der Waals surface area (Å²) in [6, 6.07) is 5.73. The van der Waals surface area contributed by atoms with Crippen molar-refractivity contribution in [1.82, 2.24) is 10.2 Å². The van der Waals surface area contributed by atoms with Crippen molar-refractivity contribution < 1.29 is 18.9 Å². The van der Waals surface area contributed by atoms with Crippen LogP contribution in [0.5, 0.6) is 0 Å². The van der Waals surface area contributed by atoms with Gasteiger partial charge in [0.25, 0.3) is 11.6 Å². The molecule has 0 spiro atoms. The van der Waals surface area contributed by atoms with Crippen molar-refractivity contribution in [3.05, 3.63) is 40.3 Å². The van der Waals surface area contributed by atoms with Gasteiger partial charge in [0, 0.05) is 17.7 Å². The fraction of sp³-hybridized carbons (Fsp3) is 0.357. The van der Waals surface area contributed by atoms with E-state index in [2.05, 4.69) is 10.2 Å². The molecule has 1 heterocycles. The van der Waals surface area contributed by atoms with Gasteiger partial charge in [-0.05, 0) is 18.6 Å². The maximum absolute atomic E-state index is 11.5. The first-order valence-electron chi connectivity index (χ1n) is 6.75. The number of nitro groups is 1. The van der Waals surface area contributed by atoms with E-state index in [1.807, 2.05) is 6.92 Å².